The van der Waals surface area contributed by atoms with Crippen LogP contribution < -0.4 is 4.43 Å². The molecule has 1 aromatic rings. The molecule has 1 fully saturated rings. The van der Waals surface area contributed by atoms with Crippen molar-refractivity contribution < 1.29 is 4.43 Å². The third-order valence-electron chi connectivity index (χ3n) is 4.28. The summed E-state index contributed by atoms with van der Waals surface area (Å²) in [5.74, 6) is 1.69. The van der Waals surface area contributed by atoms with Crippen LogP contribution in [0.1, 0.15) is 45.1 Å². The van der Waals surface area contributed by atoms with Gasteiger partial charge in [-0.25, -0.2) is 0 Å². The van der Waals surface area contributed by atoms with Crippen LogP contribution in [0.3, 0.4) is 0 Å². The molecular weight excluding hydrogens is 212 g/mol. The Bertz CT molecular complexity index is 364. The minimum atomic E-state index is 0.265. The Morgan fingerprint density at radius 3 is 2.75 bits per heavy atom. The first kappa shape index (κ1) is 11.7. The normalized spacial score (nSPS) is 30.1. The van der Waals surface area contributed by atoms with E-state index in [9.17, 15) is 0 Å². The van der Waals surface area contributed by atoms with E-state index >= 15 is 0 Å². The fourth-order valence-electron chi connectivity index (χ4n) is 2.94. The molecule has 0 aromatic heterocycles. The number of para-hydroxylation sites is 1. The highest BCUT2D eigenvalue weighted by molar-refractivity contribution is 6.00. The van der Waals surface area contributed by atoms with Gasteiger partial charge in [-0.15, -0.1) is 0 Å². The topological polar surface area (TPSA) is 9.23 Å². The summed E-state index contributed by atoms with van der Waals surface area (Å²) in [6, 6.07) is 8.37. The van der Waals surface area contributed by atoms with Gasteiger partial charge in [0.25, 0.3) is 0 Å². The summed E-state index contributed by atoms with van der Waals surface area (Å²) < 4.78 is 5.32. The highest BCUT2D eigenvalue weighted by Crippen LogP contribution is 2.46. The summed E-state index contributed by atoms with van der Waals surface area (Å²) in [6.45, 7) is 4.74. The van der Waals surface area contributed by atoms with Gasteiger partial charge in [0, 0.05) is 0 Å². The van der Waals surface area contributed by atoms with Gasteiger partial charge in [0.15, 0.2) is 0 Å². The van der Waals surface area contributed by atoms with Gasteiger partial charge < -0.3 is 4.43 Å². The molecule has 0 aliphatic heterocycles. The Morgan fingerprint density at radius 1 is 1.31 bits per heavy atom. The first-order valence-corrected chi connectivity index (χ1v) is 6.52. The van der Waals surface area contributed by atoms with E-state index in [0.717, 1.165) is 11.7 Å². The zero-order valence-corrected chi connectivity index (χ0v) is 11.1. The number of hydrogen-bond acceptors (Lipinski definition) is 1. The zero-order valence-electron chi connectivity index (χ0n) is 10.1. The van der Waals surface area contributed by atoms with Crippen LogP contribution in [0.2, 0.25) is 0 Å². The van der Waals surface area contributed by atoms with Crippen molar-refractivity contribution in [3.63, 3.8) is 0 Å². The van der Waals surface area contributed by atoms with Crippen LogP contribution in [0.15, 0.2) is 24.3 Å². The second-order valence-electron chi connectivity index (χ2n) is 5.16. The second kappa shape index (κ2) is 4.62. The fraction of sp³-hybridized carbons (Fsp3) is 0.571. The Balaban J connectivity index is 2.40. The first-order chi connectivity index (χ1) is 7.68. The molecule has 0 spiro atoms. The minimum Gasteiger partial charge on any atom is -0.540 e. The smallest absolute Gasteiger partial charge is 0.341 e. The summed E-state index contributed by atoms with van der Waals surface area (Å²) in [7, 11) is 3.17. The molecule has 1 aromatic carbocycles. The highest BCUT2D eigenvalue weighted by Gasteiger charge is 2.36. The molecule has 0 N–H and O–H groups in total. The molecule has 1 saturated carbocycles. The van der Waals surface area contributed by atoms with E-state index in [0.29, 0.717) is 0 Å². The SMILES string of the molecule is CC1CCCCC1(C)c1ccccc1O[Si]. The van der Waals surface area contributed by atoms with Crippen LogP contribution in [0.5, 0.6) is 5.75 Å². The Kier molecular flexibility index (Phi) is 3.38. The molecule has 2 rings (SSSR count). The molecule has 1 aliphatic rings. The van der Waals surface area contributed by atoms with Crippen molar-refractivity contribution in [3.05, 3.63) is 29.8 Å². The maximum absolute atomic E-state index is 5.32. The molecule has 1 nitrogen and oxygen atoms in total. The van der Waals surface area contributed by atoms with Crippen molar-refractivity contribution in [2.45, 2.75) is 44.9 Å². The number of rotatable bonds is 2. The quantitative estimate of drug-likeness (QED) is 0.706. The lowest BCUT2D eigenvalue weighted by atomic mass is 9.64. The van der Waals surface area contributed by atoms with Crippen molar-refractivity contribution >= 4 is 10.5 Å². The second-order valence-corrected chi connectivity index (χ2v) is 5.37. The average molecular weight is 231 g/mol. The third kappa shape index (κ3) is 1.91. The predicted molar refractivity (Wildman–Crippen MR) is 67.8 cm³/mol. The minimum absolute atomic E-state index is 0.265. The number of hydrogen-bond donors (Lipinski definition) is 0. The van der Waals surface area contributed by atoms with Gasteiger partial charge in [-0.05, 0) is 35.8 Å². The molecule has 2 unspecified atom stereocenters. The van der Waals surface area contributed by atoms with Gasteiger partial charge >= 0.3 is 10.5 Å². The third-order valence-corrected chi connectivity index (χ3v) is 4.50. The average Bonchev–Trinajstić information content (AvgIpc) is 2.33. The van der Waals surface area contributed by atoms with Crippen LogP contribution in [-0.4, -0.2) is 10.5 Å². The Morgan fingerprint density at radius 2 is 2.06 bits per heavy atom. The zero-order chi connectivity index (χ0) is 11.6. The summed E-state index contributed by atoms with van der Waals surface area (Å²) in [4.78, 5) is 0. The molecule has 0 saturated heterocycles. The van der Waals surface area contributed by atoms with E-state index in [2.05, 4.69) is 36.5 Å². The molecular formula is C14H19OSi. The lowest BCUT2D eigenvalue weighted by Crippen LogP contribution is -2.33. The standard InChI is InChI=1S/C14H19OSi/c1-11-7-5-6-10-14(11,2)12-8-3-4-9-13(12)15-16/h3-4,8-9,11H,5-7,10H2,1-2H3. The molecule has 85 valence electrons. The fourth-order valence-corrected chi connectivity index (χ4v) is 3.11. The maximum atomic E-state index is 5.32. The summed E-state index contributed by atoms with van der Waals surface area (Å²) in [5, 5.41) is 0. The van der Waals surface area contributed by atoms with Crippen LogP contribution in [0.25, 0.3) is 0 Å². The van der Waals surface area contributed by atoms with Gasteiger partial charge in [-0.3, -0.25) is 0 Å². The lowest BCUT2D eigenvalue weighted by Gasteiger charge is -2.41. The Hall–Kier alpha value is -0.763. The van der Waals surface area contributed by atoms with Gasteiger partial charge in [0.2, 0.25) is 0 Å². The van der Waals surface area contributed by atoms with Crippen LogP contribution in [0.4, 0.5) is 0 Å². The van der Waals surface area contributed by atoms with E-state index in [1.165, 1.54) is 31.2 Å². The molecule has 1 aliphatic carbocycles. The van der Waals surface area contributed by atoms with Gasteiger partial charge in [-0.2, -0.15) is 0 Å². The molecule has 16 heavy (non-hydrogen) atoms. The molecule has 2 heteroatoms. The largest absolute Gasteiger partial charge is 0.540 e. The Labute approximate surface area is 102 Å². The predicted octanol–water partition coefficient (Wildman–Crippen LogP) is 3.62. The van der Waals surface area contributed by atoms with Crippen molar-refractivity contribution in [1.29, 1.82) is 0 Å². The molecule has 2 atom stereocenters. The lowest BCUT2D eigenvalue weighted by molar-refractivity contribution is 0.218. The van der Waals surface area contributed by atoms with Crippen molar-refractivity contribution in [2.24, 2.45) is 5.92 Å². The summed E-state index contributed by atoms with van der Waals surface area (Å²) >= 11 is 0. The summed E-state index contributed by atoms with van der Waals surface area (Å²) in [6.07, 6.45) is 5.29. The first-order valence-electron chi connectivity index (χ1n) is 6.11. The molecule has 3 radical (unpaired) electrons. The van der Waals surface area contributed by atoms with Crippen molar-refractivity contribution in [1.82, 2.24) is 0 Å². The van der Waals surface area contributed by atoms with E-state index < -0.39 is 0 Å². The van der Waals surface area contributed by atoms with E-state index in [1.54, 1.807) is 0 Å². The van der Waals surface area contributed by atoms with Gasteiger partial charge in [0.05, 0.1) is 0 Å². The maximum Gasteiger partial charge on any atom is 0.341 e. The molecule has 0 bridgehead atoms. The van der Waals surface area contributed by atoms with Crippen LogP contribution >= 0.6 is 0 Å². The van der Waals surface area contributed by atoms with Crippen molar-refractivity contribution in [2.75, 3.05) is 0 Å². The monoisotopic (exact) mass is 231 g/mol. The van der Waals surface area contributed by atoms with Crippen LogP contribution in [0, 0.1) is 5.92 Å². The number of benzene rings is 1. The van der Waals surface area contributed by atoms with Gasteiger partial charge in [-0.1, -0.05) is 44.9 Å². The van der Waals surface area contributed by atoms with Crippen molar-refractivity contribution in [3.8, 4) is 5.75 Å². The van der Waals surface area contributed by atoms with E-state index in [1.807, 2.05) is 12.1 Å². The van der Waals surface area contributed by atoms with Crippen LogP contribution in [-0.2, 0) is 5.41 Å². The summed E-state index contributed by atoms with van der Waals surface area (Å²) in [5.41, 5.74) is 1.61. The van der Waals surface area contributed by atoms with E-state index in [4.69, 9.17) is 4.43 Å². The van der Waals surface area contributed by atoms with Gasteiger partial charge in [0.1, 0.15) is 5.75 Å². The highest BCUT2D eigenvalue weighted by atomic mass is 28.2. The van der Waals surface area contributed by atoms with E-state index in [-0.39, 0.29) is 5.41 Å². The molecule has 0 amide bonds. The molecule has 0 heterocycles.